The monoisotopic (exact) mass is 987 g/mol. The van der Waals surface area contributed by atoms with Gasteiger partial charge in [0.2, 0.25) is 0 Å². The van der Waals surface area contributed by atoms with E-state index >= 15 is 0 Å². The molecule has 0 aliphatic carbocycles. The van der Waals surface area contributed by atoms with Gasteiger partial charge in [-0.15, -0.1) is 22.7 Å². The molecule has 0 amide bonds. The minimum Gasteiger partial charge on any atom is -0.490 e. The molecule has 6 N–H and O–H groups in total. The Morgan fingerprint density at radius 1 is 0.597 bits per heavy atom. The van der Waals surface area contributed by atoms with E-state index in [-0.39, 0.29) is 24.2 Å². The molecule has 10 rings (SSSR count). The third-order valence-electron chi connectivity index (χ3n) is 12.9. The first kappa shape index (κ1) is 48.2. The number of ether oxygens (including phenoxy) is 1. The molecule has 0 fully saturated rings. The summed E-state index contributed by atoms with van der Waals surface area (Å²) in [5, 5.41) is 7.54. The van der Waals surface area contributed by atoms with Crippen molar-refractivity contribution in [2.75, 3.05) is 17.2 Å². The number of benzene rings is 3. The van der Waals surface area contributed by atoms with E-state index in [1.54, 1.807) is 47.5 Å². The molecule has 12 nitrogen and oxygen atoms in total. The Balaban J connectivity index is 1.01. The first-order valence-electron chi connectivity index (χ1n) is 24.3. The van der Waals surface area contributed by atoms with Crippen LogP contribution in [-0.4, -0.2) is 65.7 Å². The van der Waals surface area contributed by atoms with E-state index in [0.29, 0.717) is 31.0 Å². The molecule has 0 radical (unpaired) electrons. The molecular weight excluding hydrogens is 931 g/mol. The van der Waals surface area contributed by atoms with Crippen molar-refractivity contribution in [3.05, 3.63) is 178 Å². The fraction of sp³-hybridized carbons (Fsp3) is 0.224. The van der Waals surface area contributed by atoms with E-state index in [1.807, 2.05) is 67.7 Å². The van der Waals surface area contributed by atoms with Gasteiger partial charge in [-0.05, 0) is 101 Å². The van der Waals surface area contributed by atoms with Crippen LogP contribution < -0.4 is 26.8 Å². The molecule has 72 heavy (non-hydrogen) atoms. The summed E-state index contributed by atoms with van der Waals surface area (Å²) in [5.41, 5.74) is 26.0. The van der Waals surface area contributed by atoms with Gasteiger partial charge in [-0.3, -0.25) is 15.0 Å². The molecule has 0 saturated carbocycles. The Labute approximate surface area is 428 Å². The van der Waals surface area contributed by atoms with Gasteiger partial charge < -0.3 is 26.8 Å². The normalized spacial score (nSPS) is 13.2. The Hall–Kier alpha value is -7.49. The fourth-order valence-electron chi connectivity index (χ4n) is 9.36. The van der Waals surface area contributed by atoms with Gasteiger partial charge >= 0.3 is 0 Å². The van der Waals surface area contributed by atoms with Crippen molar-refractivity contribution in [2.45, 2.75) is 78.1 Å². The maximum absolute atomic E-state index is 7.34. The van der Waals surface area contributed by atoms with Crippen LogP contribution in [0.1, 0.15) is 45.5 Å². The summed E-state index contributed by atoms with van der Waals surface area (Å²) >= 11 is 3.35. The van der Waals surface area contributed by atoms with Crippen LogP contribution in [-0.2, 0) is 12.8 Å². The van der Waals surface area contributed by atoms with Crippen molar-refractivity contribution in [3.8, 4) is 50.8 Å². The lowest BCUT2D eigenvalue weighted by atomic mass is 9.95. The molecule has 7 heterocycles. The number of nitrogens with zero attached hydrogens (tertiary/aromatic N) is 7. The molecular formula is C58H57N11OS2. The van der Waals surface area contributed by atoms with Gasteiger partial charge in [-0.2, -0.15) is 0 Å². The van der Waals surface area contributed by atoms with E-state index < -0.39 is 0 Å². The van der Waals surface area contributed by atoms with Crippen LogP contribution in [0.4, 0.5) is 11.6 Å². The number of rotatable bonds is 18. The highest BCUT2D eigenvalue weighted by molar-refractivity contribution is 7.20. The number of hydrogen-bond donors (Lipinski definition) is 4. The van der Waals surface area contributed by atoms with Crippen LogP contribution in [0.15, 0.2) is 146 Å². The van der Waals surface area contributed by atoms with Crippen LogP contribution in [0.2, 0.25) is 0 Å². The van der Waals surface area contributed by atoms with Gasteiger partial charge in [0.1, 0.15) is 17.4 Å². The zero-order chi connectivity index (χ0) is 49.7. The van der Waals surface area contributed by atoms with Gasteiger partial charge in [0.05, 0.1) is 26.5 Å². The summed E-state index contributed by atoms with van der Waals surface area (Å²) in [5.74, 6) is 3.42. The molecule has 0 saturated heterocycles. The Morgan fingerprint density at radius 2 is 1.17 bits per heavy atom. The van der Waals surface area contributed by atoms with E-state index in [1.165, 1.54) is 5.56 Å². The van der Waals surface area contributed by atoms with Crippen LogP contribution in [0.25, 0.3) is 65.5 Å². The number of aromatic nitrogens is 7. The van der Waals surface area contributed by atoms with Gasteiger partial charge in [-0.25, -0.2) is 19.9 Å². The second-order valence-electron chi connectivity index (χ2n) is 18.4. The first-order valence-corrected chi connectivity index (χ1v) is 25.9. The summed E-state index contributed by atoms with van der Waals surface area (Å²) in [6.07, 6.45) is 10.5. The Morgan fingerprint density at radius 3 is 1.78 bits per heavy atom. The number of pyridine rings is 3. The molecule has 14 heteroatoms. The van der Waals surface area contributed by atoms with Crippen molar-refractivity contribution in [1.82, 2.24) is 34.9 Å². The van der Waals surface area contributed by atoms with Gasteiger partial charge in [0, 0.05) is 111 Å². The summed E-state index contributed by atoms with van der Waals surface area (Å²) < 4.78 is 9.04. The van der Waals surface area contributed by atoms with E-state index in [4.69, 9.17) is 36.1 Å². The third-order valence-corrected chi connectivity index (χ3v) is 15.1. The van der Waals surface area contributed by atoms with Gasteiger partial charge in [0.15, 0.2) is 11.6 Å². The second-order valence-corrected chi connectivity index (χ2v) is 20.9. The third kappa shape index (κ3) is 10.6. The van der Waals surface area contributed by atoms with E-state index in [0.717, 1.165) is 104 Å². The minimum absolute atomic E-state index is 0.133. The summed E-state index contributed by atoms with van der Waals surface area (Å²) in [7, 11) is 0. The standard InChI is InChI=1S/C58H57N11OS2/c1-34-18-19-48(45(29-34)50-38(5)71-53-52(50)67-55(41-20-25-61-26-21-41)68-57(53)64-33-43(59)31-39-13-8-6-9-14-39)70-35(2)30-47(46(60)32-40-15-10-7-11-16-40)65-58-54-51(66-56(69-58)42-22-27-62-28-23-42)49(37(4)72-54)44-17-12-24-63-36(44)3/h6-29,35,43,46-47H,30-33,59-60H2,1-5H3,(H,64,67,68)(H,65,66,69)/t35?,43-,46-,47?/m0/s1. The molecule has 0 bridgehead atoms. The molecule has 0 aliphatic rings. The van der Waals surface area contributed by atoms with E-state index in [9.17, 15) is 0 Å². The molecule has 362 valence electrons. The molecule has 0 aliphatic heterocycles. The minimum atomic E-state index is -0.315. The maximum Gasteiger partial charge on any atom is 0.162 e. The van der Waals surface area contributed by atoms with Crippen molar-refractivity contribution in [1.29, 1.82) is 0 Å². The number of thiophene rings is 2. The molecule has 0 spiro atoms. The highest BCUT2D eigenvalue weighted by Gasteiger charge is 2.28. The lowest BCUT2D eigenvalue weighted by molar-refractivity contribution is 0.199. The smallest absolute Gasteiger partial charge is 0.162 e. The lowest BCUT2D eigenvalue weighted by Crippen LogP contribution is -2.44. The summed E-state index contributed by atoms with van der Waals surface area (Å²) in [4.78, 5) is 36.3. The predicted molar refractivity (Wildman–Crippen MR) is 296 cm³/mol. The zero-order valence-electron chi connectivity index (χ0n) is 41.0. The zero-order valence-corrected chi connectivity index (χ0v) is 42.6. The summed E-state index contributed by atoms with van der Waals surface area (Å²) in [6, 6.07) is 38.2. The molecule has 7 aromatic heterocycles. The fourth-order valence-corrected chi connectivity index (χ4v) is 11.5. The molecule has 3 aromatic carbocycles. The number of hydrogen-bond acceptors (Lipinski definition) is 14. The van der Waals surface area contributed by atoms with Crippen LogP contribution >= 0.6 is 22.7 Å². The number of anilines is 2. The van der Waals surface area contributed by atoms with Gasteiger partial charge in [0.25, 0.3) is 0 Å². The van der Waals surface area contributed by atoms with Crippen LogP contribution in [0.3, 0.4) is 0 Å². The Bertz CT molecular complexity index is 3460. The van der Waals surface area contributed by atoms with Gasteiger partial charge in [-0.1, -0.05) is 78.4 Å². The highest BCUT2D eigenvalue weighted by atomic mass is 32.1. The van der Waals surface area contributed by atoms with Crippen molar-refractivity contribution >= 4 is 54.7 Å². The SMILES string of the molecule is Cc1ccc(OC(C)CC(Nc2nc(-c3ccncc3)nc3c(-c4cccnc4C)c(C)sc23)[C@@H](N)Cc2ccccc2)c(-c2c(C)sc3c(NC[C@@H](N)Cc4ccccc4)nc(-c4ccncc4)nc23)c1. The highest BCUT2D eigenvalue weighted by Crippen LogP contribution is 2.46. The van der Waals surface area contributed by atoms with Crippen LogP contribution in [0.5, 0.6) is 5.75 Å². The quantitative estimate of drug-likeness (QED) is 0.0641. The average molecular weight is 988 g/mol. The van der Waals surface area contributed by atoms with Crippen molar-refractivity contribution in [2.24, 2.45) is 11.5 Å². The molecule has 10 aromatic rings. The number of aryl methyl sites for hydroxylation is 4. The average Bonchev–Trinajstić information content (AvgIpc) is 3.91. The lowest BCUT2D eigenvalue weighted by Gasteiger charge is -2.29. The topological polar surface area (TPSA) is 176 Å². The van der Waals surface area contributed by atoms with Crippen molar-refractivity contribution in [3.63, 3.8) is 0 Å². The number of nitrogens with two attached hydrogens (primary N) is 2. The number of fused-ring (bicyclic) bond motifs is 2. The van der Waals surface area contributed by atoms with Crippen molar-refractivity contribution < 1.29 is 4.74 Å². The number of nitrogens with one attached hydrogen (secondary N) is 2. The molecule has 4 atom stereocenters. The first-order chi connectivity index (χ1) is 35.1. The second kappa shape index (κ2) is 21.5. The Kier molecular flexibility index (Phi) is 14.4. The summed E-state index contributed by atoms with van der Waals surface area (Å²) in [6.45, 7) is 11.1. The predicted octanol–water partition coefficient (Wildman–Crippen LogP) is 12.0. The van der Waals surface area contributed by atoms with Crippen LogP contribution in [0, 0.1) is 27.7 Å². The maximum atomic E-state index is 7.34. The molecule has 2 unspecified atom stereocenters. The van der Waals surface area contributed by atoms with E-state index in [2.05, 4.69) is 114 Å². The largest absolute Gasteiger partial charge is 0.490 e.